The van der Waals surface area contributed by atoms with Crippen molar-refractivity contribution in [3.05, 3.63) is 71.5 Å². The van der Waals surface area contributed by atoms with Crippen molar-refractivity contribution in [3.8, 4) is 11.5 Å². The smallest absolute Gasteiger partial charge is 0.274 e. The monoisotopic (exact) mass is 391 g/mol. The van der Waals surface area contributed by atoms with Crippen LogP contribution < -0.4 is 20.1 Å². The van der Waals surface area contributed by atoms with Gasteiger partial charge in [0.25, 0.3) is 5.91 Å². The number of aryl methyl sites for hydroxylation is 2. The summed E-state index contributed by atoms with van der Waals surface area (Å²) in [5, 5.41) is 6.27. The van der Waals surface area contributed by atoms with Crippen LogP contribution in [0.4, 0.5) is 17.1 Å². The molecule has 0 radical (unpaired) electrons. The largest absolute Gasteiger partial charge is 0.497 e. The first-order chi connectivity index (χ1) is 14.0. The Morgan fingerprint density at radius 1 is 1.07 bits per heavy atom. The van der Waals surface area contributed by atoms with Gasteiger partial charge >= 0.3 is 0 Å². The highest BCUT2D eigenvalue weighted by atomic mass is 16.5. The molecule has 0 unspecified atom stereocenters. The van der Waals surface area contributed by atoms with Gasteiger partial charge in [-0.1, -0.05) is 25.1 Å². The number of para-hydroxylation sites is 1. The number of methoxy groups -OCH3 is 2. The summed E-state index contributed by atoms with van der Waals surface area (Å²) in [7, 11) is 3.20. The second-order valence-corrected chi connectivity index (χ2v) is 6.54. The maximum absolute atomic E-state index is 12.8. The van der Waals surface area contributed by atoms with Crippen molar-refractivity contribution in [3.63, 3.8) is 0 Å². The summed E-state index contributed by atoms with van der Waals surface area (Å²) in [6, 6.07) is 15.0. The zero-order valence-electron chi connectivity index (χ0n) is 17.1. The maximum Gasteiger partial charge on any atom is 0.274 e. The molecule has 3 rings (SSSR count). The van der Waals surface area contributed by atoms with E-state index in [1.165, 1.54) is 0 Å². The Balaban J connectivity index is 1.82. The summed E-state index contributed by atoms with van der Waals surface area (Å²) in [6.45, 7) is 4.05. The number of aromatic nitrogens is 1. The number of benzene rings is 2. The summed E-state index contributed by atoms with van der Waals surface area (Å²) in [5.74, 6) is 1.09. The van der Waals surface area contributed by atoms with E-state index in [1.807, 2.05) is 37.3 Å². The van der Waals surface area contributed by atoms with Crippen molar-refractivity contribution in [1.29, 1.82) is 0 Å². The van der Waals surface area contributed by atoms with Gasteiger partial charge in [0.1, 0.15) is 17.2 Å². The van der Waals surface area contributed by atoms with Gasteiger partial charge < -0.3 is 20.1 Å². The van der Waals surface area contributed by atoms with Crippen molar-refractivity contribution >= 4 is 23.0 Å². The molecule has 6 nitrogen and oxygen atoms in total. The highest BCUT2D eigenvalue weighted by molar-refractivity contribution is 6.04. The number of nitrogens with one attached hydrogen (secondary N) is 2. The fourth-order valence-corrected chi connectivity index (χ4v) is 3.07. The molecule has 1 heterocycles. The Morgan fingerprint density at radius 3 is 2.62 bits per heavy atom. The summed E-state index contributed by atoms with van der Waals surface area (Å²) in [6.07, 6.45) is 2.44. The van der Waals surface area contributed by atoms with E-state index < -0.39 is 0 Å². The van der Waals surface area contributed by atoms with E-state index in [-0.39, 0.29) is 5.91 Å². The SMILES string of the molecule is CCc1cccc(C)c1NC(=O)c1cc(Nc2ccc(OC)cc2OC)ccn1. The highest BCUT2D eigenvalue weighted by Crippen LogP contribution is 2.31. The standard InChI is InChI=1S/C23H25N3O3/c1-5-16-8-6-7-15(2)22(16)26-23(27)20-13-17(11-12-24-20)25-19-10-9-18(28-3)14-21(19)29-4/h6-14H,5H2,1-4H3,(H,24,25)(H,26,27). The van der Waals surface area contributed by atoms with Gasteiger partial charge in [0, 0.05) is 23.6 Å². The van der Waals surface area contributed by atoms with E-state index in [0.717, 1.165) is 34.6 Å². The van der Waals surface area contributed by atoms with Gasteiger partial charge in [-0.2, -0.15) is 0 Å². The summed E-state index contributed by atoms with van der Waals surface area (Å²) in [4.78, 5) is 17.0. The van der Waals surface area contributed by atoms with Crippen LogP contribution in [-0.4, -0.2) is 25.1 Å². The van der Waals surface area contributed by atoms with Crippen LogP contribution in [0.25, 0.3) is 0 Å². The number of hydrogen-bond donors (Lipinski definition) is 2. The van der Waals surface area contributed by atoms with E-state index in [9.17, 15) is 4.79 Å². The normalized spacial score (nSPS) is 10.3. The zero-order chi connectivity index (χ0) is 20.8. The fraction of sp³-hybridized carbons (Fsp3) is 0.217. The Kier molecular flexibility index (Phi) is 6.34. The molecule has 0 atom stereocenters. The van der Waals surface area contributed by atoms with Gasteiger partial charge in [0.15, 0.2) is 0 Å². The predicted octanol–water partition coefficient (Wildman–Crippen LogP) is 4.97. The van der Waals surface area contributed by atoms with E-state index in [1.54, 1.807) is 38.6 Å². The number of carbonyl (C=O) groups excluding carboxylic acids is 1. The molecule has 150 valence electrons. The first-order valence-corrected chi connectivity index (χ1v) is 9.40. The zero-order valence-corrected chi connectivity index (χ0v) is 17.1. The minimum Gasteiger partial charge on any atom is -0.497 e. The number of pyridine rings is 1. The molecule has 0 fully saturated rings. The van der Waals surface area contributed by atoms with E-state index in [0.29, 0.717) is 17.2 Å². The lowest BCUT2D eigenvalue weighted by atomic mass is 10.1. The van der Waals surface area contributed by atoms with Crippen molar-refractivity contribution in [1.82, 2.24) is 4.98 Å². The van der Waals surface area contributed by atoms with Crippen LogP contribution in [0.1, 0.15) is 28.5 Å². The highest BCUT2D eigenvalue weighted by Gasteiger charge is 2.13. The lowest BCUT2D eigenvalue weighted by Gasteiger charge is -2.14. The van der Waals surface area contributed by atoms with Crippen LogP contribution in [0.5, 0.6) is 11.5 Å². The molecule has 0 spiro atoms. The first kappa shape index (κ1) is 20.2. The Bertz CT molecular complexity index is 1020. The molecule has 0 aliphatic rings. The van der Waals surface area contributed by atoms with E-state index >= 15 is 0 Å². The molecular formula is C23H25N3O3. The minimum atomic E-state index is -0.251. The third-order valence-corrected chi connectivity index (χ3v) is 4.66. The third kappa shape index (κ3) is 4.66. The molecular weight excluding hydrogens is 366 g/mol. The van der Waals surface area contributed by atoms with Crippen LogP contribution >= 0.6 is 0 Å². The molecule has 6 heteroatoms. The van der Waals surface area contributed by atoms with Gasteiger partial charge in [-0.25, -0.2) is 0 Å². The second-order valence-electron chi connectivity index (χ2n) is 6.54. The summed E-state index contributed by atoms with van der Waals surface area (Å²) < 4.78 is 10.6. The van der Waals surface area contributed by atoms with Crippen molar-refractivity contribution in [2.45, 2.75) is 20.3 Å². The quantitative estimate of drug-likeness (QED) is 0.595. The number of nitrogens with zero attached hydrogens (tertiary/aromatic N) is 1. The minimum absolute atomic E-state index is 0.251. The molecule has 0 aliphatic heterocycles. The molecule has 0 aliphatic carbocycles. The van der Waals surface area contributed by atoms with Crippen molar-refractivity contribution in [2.24, 2.45) is 0 Å². The molecule has 1 aromatic heterocycles. The number of amides is 1. The van der Waals surface area contributed by atoms with Gasteiger partial charge in [-0.3, -0.25) is 9.78 Å². The average Bonchev–Trinajstić information content (AvgIpc) is 2.75. The lowest BCUT2D eigenvalue weighted by molar-refractivity contribution is 0.102. The van der Waals surface area contributed by atoms with Crippen LogP contribution in [0, 0.1) is 6.92 Å². The Labute approximate surface area is 170 Å². The van der Waals surface area contributed by atoms with Gasteiger partial charge in [0.2, 0.25) is 0 Å². The summed E-state index contributed by atoms with van der Waals surface area (Å²) >= 11 is 0. The van der Waals surface area contributed by atoms with E-state index in [4.69, 9.17) is 9.47 Å². The molecule has 0 saturated carbocycles. The fourth-order valence-electron chi connectivity index (χ4n) is 3.07. The van der Waals surface area contributed by atoms with Crippen LogP contribution in [0.3, 0.4) is 0 Å². The number of ether oxygens (including phenoxy) is 2. The topological polar surface area (TPSA) is 72.5 Å². The van der Waals surface area contributed by atoms with Crippen LogP contribution in [-0.2, 0) is 6.42 Å². The molecule has 3 aromatic rings. The maximum atomic E-state index is 12.8. The van der Waals surface area contributed by atoms with Crippen LogP contribution in [0.2, 0.25) is 0 Å². The third-order valence-electron chi connectivity index (χ3n) is 4.66. The van der Waals surface area contributed by atoms with Gasteiger partial charge in [0.05, 0.1) is 19.9 Å². The second kappa shape index (κ2) is 9.10. The molecule has 0 saturated heterocycles. The number of rotatable bonds is 7. The average molecular weight is 391 g/mol. The number of anilines is 3. The molecule has 2 aromatic carbocycles. The lowest BCUT2D eigenvalue weighted by Crippen LogP contribution is -2.16. The first-order valence-electron chi connectivity index (χ1n) is 9.40. The van der Waals surface area contributed by atoms with Crippen molar-refractivity contribution in [2.75, 3.05) is 24.9 Å². The summed E-state index contributed by atoms with van der Waals surface area (Å²) in [5.41, 5.74) is 4.78. The number of hydrogen-bond acceptors (Lipinski definition) is 5. The predicted molar refractivity (Wildman–Crippen MR) is 116 cm³/mol. The Morgan fingerprint density at radius 2 is 1.90 bits per heavy atom. The van der Waals surface area contributed by atoms with Crippen LogP contribution in [0.15, 0.2) is 54.7 Å². The van der Waals surface area contributed by atoms with Crippen molar-refractivity contribution < 1.29 is 14.3 Å². The molecule has 2 N–H and O–H groups in total. The van der Waals surface area contributed by atoms with E-state index in [2.05, 4.69) is 22.5 Å². The van der Waals surface area contributed by atoms with Gasteiger partial charge in [-0.15, -0.1) is 0 Å². The number of carbonyl (C=O) groups is 1. The molecule has 0 bridgehead atoms. The molecule has 1 amide bonds. The van der Waals surface area contributed by atoms with Gasteiger partial charge in [-0.05, 0) is 48.7 Å². The molecule has 29 heavy (non-hydrogen) atoms. The Hall–Kier alpha value is -3.54.